The van der Waals surface area contributed by atoms with Crippen molar-refractivity contribution in [3.05, 3.63) is 99.5 Å². The number of nitrogens with one attached hydrogen (secondary N) is 1. The van der Waals surface area contributed by atoms with Gasteiger partial charge in [-0.2, -0.15) is 0 Å². The molecule has 0 aliphatic heterocycles. The quantitative estimate of drug-likeness (QED) is 0.284. The van der Waals surface area contributed by atoms with Crippen molar-refractivity contribution in [1.82, 2.24) is 10.2 Å². The lowest BCUT2D eigenvalue weighted by Crippen LogP contribution is -2.51. The predicted octanol–water partition coefficient (Wildman–Crippen LogP) is 6.24. The van der Waals surface area contributed by atoms with Crippen molar-refractivity contribution in [3.8, 4) is 5.75 Å². The molecular formula is C29H32Cl2N2O3. The molecule has 0 saturated carbocycles. The van der Waals surface area contributed by atoms with Crippen molar-refractivity contribution in [2.45, 2.75) is 45.7 Å². The van der Waals surface area contributed by atoms with Crippen LogP contribution < -0.4 is 10.1 Å². The van der Waals surface area contributed by atoms with Gasteiger partial charge < -0.3 is 15.0 Å². The topological polar surface area (TPSA) is 58.6 Å². The smallest absolute Gasteiger partial charge is 0.261 e. The van der Waals surface area contributed by atoms with E-state index in [2.05, 4.69) is 12.2 Å². The van der Waals surface area contributed by atoms with E-state index < -0.39 is 6.04 Å². The summed E-state index contributed by atoms with van der Waals surface area (Å²) in [5.41, 5.74) is 2.75. The molecule has 1 unspecified atom stereocenters. The van der Waals surface area contributed by atoms with Crippen molar-refractivity contribution in [3.63, 3.8) is 0 Å². The molecule has 3 rings (SSSR count). The maximum absolute atomic E-state index is 13.6. The number of hydrogen-bond acceptors (Lipinski definition) is 3. The molecule has 1 N–H and O–H groups in total. The van der Waals surface area contributed by atoms with Gasteiger partial charge in [0.1, 0.15) is 11.8 Å². The first kappa shape index (κ1) is 27.6. The molecule has 7 heteroatoms. The largest absolute Gasteiger partial charge is 0.484 e. The summed E-state index contributed by atoms with van der Waals surface area (Å²) in [7, 11) is 0. The lowest BCUT2D eigenvalue weighted by molar-refractivity contribution is -0.142. The average molecular weight is 527 g/mol. The summed E-state index contributed by atoms with van der Waals surface area (Å²) >= 11 is 12.5. The van der Waals surface area contributed by atoms with Crippen LogP contribution in [0.2, 0.25) is 10.0 Å². The molecule has 3 aromatic rings. The zero-order valence-electron chi connectivity index (χ0n) is 20.7. The number of hydrogen-bond donors (Lipinski definition) is 1. The van der Waals surface area contributed by atoms with Gasteiger partial charge in [0.05, 0.1) is 0 Å². The molecule has 0 radical (unpaired) electrons. The normalized spacial score (nSPS) is 11.6. The first-order chi connectivity index (χ1) is 17.4. The third kappa shape index (κ3) is 8.28. The van der Waals surface area contributed by atoms with Crippen LogP contribution in [0, 0.1) is 6.92 Å². The number of amides is 2. The SMILES string of the molecule is CCCCNC(=O)C(Cc1ccccc1)N(Cc1ccc(Cl)cc1Cl)C(=O)COc1ccc(C)cc1. The fourth-order valence-corrected chi connectivity index (χ4v) is 4.22. The number of aryl methyl sites for hydroxylation is 1. The van der Waals surface area contributed by atoms with E-state index in [0.717, 1.165) is 24.0 Å². The van der Waals surface area contributed by atoms with Gasteiger partial charge in [-0.25, -0.2) is 0 Å². The zero-order chi connectivity index (χ0) is 25.9. The van der Waals surface area contributed by atoms with Crippen LogP contribution in [0.5, 0.6) is 5.75 Å². The Balaban J connectivity index is 1.90. The van der Waals surface area contributed by atoms with Crippen LogP contribution in [0.1, 0.15) is 36.5 Å². The summed E-state index contributed by atoms with van der Waals surface area (Å²) in [6, 6.07) is 21.5. The van der Waals surface area contributed by atoms with Crippen LogP contribution in [-0.4, -0.2) is 35.9 Å². The maximum atomic E-state index is 13.6. The van der Waals surface area contributed by atoms with E-state index in [-0.39, 0.29) is 25.0 Å². The minimum atomic E-state index is -0.745. The van der Waals surface area contributed by atoms with Crippen molar-refractivity contribution >= 4 is 35.0 Å². The molecular weight excluding hydrogens is 495 g/mol. The average Bonchev–Trinajstić information content (AvgIpc) is 2.87. The number of carbonyl (C=O) groups excluding carboxylic acids is 2. The van der Waals surface area contributed by atoms with Gasteiger partial charge in [0.25, 0.3) is 5.91 Å². The Morgan fingerprint density at radius 2 is 1.72 bits per heavy atom. The van der Waals surface area contributed by atoms with Gasteiger partial charge in [0.2, 0.25) is 5.91 Å². The zero-order valence-corrected chi connectivity index (χ0v) is 22.2. The molecule has 0 fully saturated rings. The Labute approximate surface area is 223 Å². The highest BCUT2D eigenvalue weighted by Gasteiger charge is 2.31. The molecule has 0 aliphatic rings. The third-order valence-corrected chi connectivity index (χ3v) is 6.43. The van der Waals surface area contributed by atoms with E-state index in [1.165, 1.54) is 0 Å². The van der Waals surface area contributed by atoms with Crippen LogP contribution in [0.25, 0.3) is 0 Å². The van der Waals surface area contributed by atoms with Gasteiger partial charge in [-0.05, 0) is 48.7 Å². The molecule has 0 bridgehead atoms. The second kappa shape index (κ2) is 13.9. The Morgan fingerprint density at radius 3 is 2.39 bits per heavy atom. The van der Waals surface area contributed by atoms with Crippen LogP contribution in [0.3, 0.4) is 0 Å². The standard InChI is InChI=1S/C29H32Cl2N2O3/c1-3-4-16-32-29(35)27(17-22-8-6-5-7-9-22)33(19-23-12-13-24(30)18-26(23)31)28(34)20-36-25-14-10-21(2)11-15-25/h5-15,18,27H,3-4,16-17,19-20H2,1-2H3,(H,32,35). The van der Waals surface area contributed by atoms with Crippen molar-refractivity contribution in [2.24, 2.45) is 0 Å². The van der Waals surface area contributed by atoms with Crippen LogP contribution in [0.15, 0.2) is 72.8 Å². The monoisotopic (exact) mass is 526 g/mol. The van der Waals surface area contributed by atoms with Gasteiger partial charge >= 0.3 is 0 Å². The molecule has 5 nitrogen and oxygen atoms in total. The highest BCUT2D eigenvalue weighted by Crippen LogP contribution is 2.24. The van der Waals surface area contributed by atoms with Gasteiger partial charge in [0.15, 0.2) is 6.61 Å². The fraction of sp³-hybridized carbons (Fsp3) is 0.310. The van der Waals surface area contributed by atoms with E-state index in [1.807, 2.05) is 61.5 Å². The molecule has 0 heterocycles. The minimum absolute atomic E-state index is 0.144. The van der Waals surface area contributed by atoms with E-state index in [1.54, 1.807) is 23.1 Å². The number of benzene rings is 3. The van der Waals surface area contributed by atoms with Crippen molar-refractivity contribution in [2.75, 3.05) is 13.2 Å². The molecule has 36 heavy (non-hydrogen) atoms. The predicted molar refractivity (Wildman–Crippen MR) is 146 cm³/mol. The van der Waals surface area contributed by atoms with Crippen LogP contribution in [-0.2, 0) is 22.6 Å². The Hall–Kier alpha value is -3.02. The fourth-order valence-electron chi connectivity index (χ4n) is 3.76. The highest BCUT2D eigenvalue weighted by molar-refractivity contribution is 6.35. The van der Waals surface area contributed by atoms with Gasteiger partial charge in [-0.3, -0.25) is 9.59 Å². The Kier molecular flexibility index (Phi) is 10.6. The molecule has 0 aliphatic carbocycles. The summed E-state index contributed by atoms with van der Waals surface area (Å²) in [4.78, 5) is 28.5. The number of unbranched alkanes of at least 4 members (excludes halogenated alkanes) is 1. The third-order valence-electron chi connectivity index (χ3n) is 5.84. The van der Waals surface area contributed by atoms with Gasteiger partial charge in [0, 0.05) is 29.6 Å². The van der Waals surface area contributed by atoms with Crippen molar-refractivity contribution < 1.29 is 14.3 Å². The van der Waals surface area contributed by atoms with E-state index in [4.69, 9.17) is 27.9 Å². The molecule has 0 saturated heterocycles. The van der Waals surface area contributed by atoms with E-state index in [0.29, 0.717) is 34.3 Å². The lowest BCUT2D eigenvalue weighted by atomic mass is 10.0. The summed E-state index contributed by atoms with van der Waals surface area (Å²) < 4.78 is 5.79. The lowest BCUT2D eigenvalue weighted by Gasteiger charge is -2.31. The molecule has 190 valence electrons. The maximum Gasteiger partial charge on any atom is 0.261 e. The molecule has 1 atom stereocenters. The first-order valence-electron chi connectivity index (χ1n) is 12.1. The number of nitrogens with zero attached hydrogens (tertiary/aromatic N) is 1. The molecule has 2 amide bonds. The van der Waals surface area contributed by atoms with E-state index >= 15 is 0 Å². The Bertz CT molecular complexity index is 1140. The van der Waals surface area contributed by atoms with Gasteiger partial charge in [-0.15, -0.1) is 0 Å². The summed E-state index contributed by atoms with van der Waals surface area (Å²) in [5.74, 6) is 0.0691. The number of rotatable bonds is 12. The molecule has 0 aromatic heterocycles. The Morgan fingerprint density at radius 1 is 1.00 bits per heavy atom. The highest BCUT2D eigenvalue weighted by atomic mass is 35.5. The minimum Gasteiger partial charge on any atom is -0.484 e. The van der Waals surface area contributed by atoms with Crippen molar-refractivity contribution in [1.29, 1.82) is 0 Å². The number of ether oxygens (including phenoxy) is 1. The second-order valence-corrected chi connectivity index (χ2v) is 9.55. The van der Waals surface area contributed by atoms with Crippen LogP contribution in [0.4, 0.5) is 0 Å². The number of carbonyl (C=O) groups is 2. The van der Waals surface area contributed by atoms with E-state index in [9.17, 15) is 9.59 Å². The molecule has 3 aromatic carbocycles. The second-order valence-electron chi connectivity index (χ2n) is 8.71. The summed E-state index contributed by atoms with van der Waals surface area (Å²) in [6.07, 6.45) is 2.18. The van der Waals surface area contributed by atoms with Crippen LogP contribution >= 0.6 is 23.2 Å². The first-order valence-corrected chi connectivity index (χ1v) is 12.9. The molecule has 0 spiro atoms. The number of halogens is 2. The summed E-state index contributed by atoms with van der Waals surface area (Å²) in [6.45, 7) is 4.53. The summed E-state index contributed by atoms with van der Waals surface area (Å²) in [5, 5.41) is 3.94. The van der Waals surface area contributed by atoms with Gasteiger partial charge in [-0.1, -0.05) is 90.6 Å².